The second-order valence-corrected chi connectivity index (χ2v) is 5.24. The number of carbonyl (C=O) groups excluding carboxylic acids is 4. The zero-order chi connectivity index (χ0) is 17.1. The van der Waals surface area contributed by atoms with Crippen LogP contribution in [-0.2, 0) is 19.2 Å². The molecule has 4 amide bonds. The van der Waals surface area contributed by atoms with Crippen LogP contribution in [0, 0.1) is 0 Å². The van der Waals surface area contributed by atoms with Crippen LogP contribution >= 0.6 is 12.6 Å². The average Bonchev–Trinajstić information content (AvgIpc) is 2.41. The van der Waals surface area contributed by atoms with Gasteiger partial charge < -0.3 is 21.7 Å². The summed E-state index contributed by atoms with van der Waals surface area (Å²) in [6, 6.07) is -1.36. The van der Waals surface area contributed by atoms with E-state index in [1.165, 1.54) is 13.8 Å². The largest absolute Gasteiger partial charge is 0.368 e. The maximum Gasteiger partial charge on any atom is 0.243 e. The number of rotatable bonds is 10. The summed E-state index contributed by atoms with van der Waals surface area (Å²) in [7, 11) is 0. The third-order valence-corrected chi connectivity index (χ3v) is 3.18. The molecule has 0 spiro atoms. The standard InChI is InChI=1S/C13H24N4O4S/c1-8(18)16-10(12(14)20)5-3-4-6-15-13(21)11(7-22)17-9(2)19/h10-11,22H,3-7H2,1-2H3,(H2,14,20)(H,15,21)(H,16,18)(H,17,19). The van der Waals surface area contributed by atoms with Gasteiger partial charge in [-0.1, -0.05) is 0 Å². The van der Waals surface area contributed by atoms with E-state index in [1.807, 2.05) is 0 Å². The second-order valence-electron chi connectivity index (χ2n) is 4.88. The normalized spacial score (nSPS) is 12.9. The number of nitrogens with two attached hydrogens (primary N) is 1. The Morgan fingerprint density at radius 3 is 2.00 bits per heavy atom. The van der Waals surface area contributed by atoms with Crippen LogP contribution in [0.2, 0.25) is 0 Å². The quantitative estimate of drug-likeness (QED) is 0.251. The SMILES string of the molecule is CC(=O)NC(CCCCNC(=O)C(CS)NC(C)=O)C(N)=O. The molecule has 0 fully saturated rings. The van der Waals surface area contributed by atoms with E-state index in [2.05, 4.69) is 28.6 Å². The van der Waals surface area contributed by atoms with Crippen LogP contribution in [0.3, 0.4) is 0 Å². The number of primary amides is 1. The Kier molecular flexibility index (Phi) is 10.0. The maximum absolute atomic E-state index is 11.8. The lowest BCUT2D eigenvalue weighted by Crippen LogP contribution is -2.47. The Bertz CT molecular complexity index is 417. The van der Waals surface area contributed by atoms with E-state index in [-0.39, 0.29) is 23.5 Å². The highest BCUT2D eigenvalue weighted by Crippen LogP contribution is 2.00. The summed E-state index contributed by atoms with van der Waals surface area (Å²) in [4.78, 5) is 44.7. The summed E-state index contributed by atoms with van der Waals surface area (Å²) in [5.41, 5.74) is 5.18. The van der Waals surface area contributed by atoms with Gasteiger partial charge in [0.05, 0.1) is 0 Å². The molecule has 0 aromatic heterocycles. The van der Waals surface area contributed by atoms with Crippen molar-refractivity contribution in [3.8, 4) is 0 Å². The Balaban J connectivity index is 4.00. The number of unbranched alkanes of at least 4 members (excludes halogenated alkanes) is 1. The van der Waals surface area contributed by atoms with Crippen molar-refractivity contribution in [2.45, 2.75) is 45.2 Å². The fourth-order valence-corrected chi connectivity index (χ4v) is 2.04. The molecule has 0 aliphatic heterocycles. The van der Waals surface area contributed by atoms with E-state index in [1.54, 1.807) is 0 Å². The molecule has 0 aromatic rings. The predicted octanol–water partition coefficient (Wildman–Crippen LogP) is -1.30. The smallest absolute Gasteiger partial charge is 0.243 e. The van der Waals surface area contributed by atoms with Gasteiger partial charge in [0.15, 0.2) is 0 Å². The maximum atomic E-state index is 11.8. The molecular weight excluding hydrogens is 308 g/mol. The molecule has 0 aliphatic rings. The van der Waals surface area contributed by atoms with Gasteiger partial charge in [-0.15, -0.1) is 0 Å². The van der Waals surface area contributed by atoms with Crippen LogP contribution in [0.25, 0.3) is 0 Å². The van der Waals surface area contributed by atoms with Gasteiger partial charge in [-0.2, -0.15) is 12.6 Å². The Hall–Kier alpha value is -1.77. The van der Waals surface area contributed by atoms with Gasteiger partial charge in [0.1, 0.15) is 12.1 Å². The highest BCUT2D eigenvalue weighted by atomic mass is 32.1. The lowest BCUT2D eigenvalue weighted by atomic mass is 10.1. The van der Waals surface area contributed by atoms with E-state index < -0.39 is 18.0 Å². The first-order valence-corrected chi connectivity index (χ1v) is 7.63. The van der Waals surface area contributed by atoms with Crippen LogP contribution in [0.1, 0.15) is 33.1 Å². The Morgan fingerprint density at radius 1 is 1.00 bits per heavy atom. The van der Waals surface area contributed by atoms with Gasteiger partial charge in [0.2, 0.25) is 23.6 Å². The van der Waals surface area contributed by atoms with Gasteiger partial charge in [0.25, 0.3) is 0 Å². The molecule has 0 aromatic carbocycles. The summed E-state index contributed by atoms with van der Waals surface area (Å²) in [5.74, 6) is -1.30. The van der Waals surface area contributed by atoms with Crippen LogP contribution in [0.4, 0.5) is 0 Å². The second kappa shape index (κ2) is 10.9. The molecule has 0 saturated heterocycles. The van der Waals surface area contributed by atoms with E-state index in [0.717, 1.165) is 0 Å². The molecule has 0 rings (SSSR count). The molecule has 5 N–H and O–H groups in total. The third-order valence-electron chi connectivity index (χ3n) is 2.82. The highest BCUT2D eigenvalue weighted by molar-refractivity contribution is 7.80. The van der Waals surface area contributed by atoms with Gasteiger partial charge in [0, 0.05) is 26.1 Å². The summed E-state index contributed by atoms with van der Waals surface area (Å²) >= 11 is 4.01. The summed E-state index contributed by atoms with van der Waals surface area (Å²) in [6.45, 7) is 3.04. The number of hydrogen-bond acceptors (Lipinski definition) is 5. The van der Waals surface area contributed by atoms with Crippen LogP contribution in [0.5, 0.6) is 0 Å². The first-order valence-electron chi connectivity index (χ1n) is 7.00. The molecule has 0 heterocycles. The molecule has 2 atom stereocenters. The first kappa shape index (κ1) is 20.2. The molecule has 0 radical (unpaired) electrons. The van der Waals surface area contributed by atoms with E-state index >= 15 is 0 Å². The minimum Gasteiger partial charge on any atom is -0.368 e. The van der Waals surface area contributed by atoms with Crippen molar-refractivity contribution in [1.82, 2.24) is 16.0 Å². The third kappa shape index (κ3) is 9.22. The van der Waals surface area contributed by atoms with Gasteiger partial charge in [-0.05, 0) is 19.3 Å². The molecule has 8 nitrogen and oxygen atoms in total. The molecule has 0 bridgehead atoms. The number of amides is 4. The van der Waals surface area contributed by atoms with Crippen molar-refractivity contribution in [2.24, 2.45) is 5.73 Å². The van der Waals surface area contributed by atoms with Crippen LogP contribution in [0.15, 0.2) is 0 Å². The zero-order valence-electron chi connectivity index (χ0n) is 12.8. The van der Waals surface area contributed by atoms with E-state index in [0.29, 0.717) is 25.8 Å². The van der Waals surface area contributed by atoms with Crippen molar-refractivity contribution < 1.29 is 19.2 Å². The number of thiol groups is 1. The van der Waals surface area contributed by atoms with Crippen molar-refractivity contribution >= 4 is 36.3 Å². The molecule has 22 heavy (non-hydrogen) atoms. The van der Waals surface area contributed by atoms with E-state index in [4.69, 9.17) is 5.73 Å². The summed E-state index contributed by atoms with van der Waals surface area (Å²) < 4.78 is 0. The molecular formula is C13H24N4O4S. The van der Waals surface area contributed by atoms with Gasteiger partial charge in [-0.25, -0.2) is 0 Å². The average molecular weight is 332 g/mol. The minimum atomic E-state index is -0.697. The lowest BCUT2D eigenvalue weighted by molar-refractivity contribution is -0.127. The predicted molar refractivity (Wildman–Crippen MR) is 85.1 cm³/mol. The first-order chi connectivity index (χ1) is 10.3. The van der Waals surface area contributed by atoms with Crippen LogP contribution in [-0.4, -0.2) is 48.0 Å². The molecule has 2 unspecified atom stereocenters. The molecule has 9 heteroatoms. The molecule has 0 aliphatic carbocycles. The highest BCUT2D eigenvalue weighted by Gasteiger charge is 2.18. The van der Waals surface area contributed by atoms with Gasteiger partial charge in [-0.3, -0.25) is 19.2 Å². The Labute approximate surface area is 135 Å². The summed E-state index contributed by atoms with van der Waals surface area (Å²) in [5, 5.41) is 7.64. The lowest BCUT2D eigenvalue weighted by Gasteiger charge is -2.16. The fraction of sp³-hybridized carbons (Fsp3) is 0.692. The van der Waals surface area contributed by atoms with Crippen molar-refractivity contribution in [3.63, 3.8) is 0 Å². The monoisotopic (exact) mass is 332 g/mol. The molecule has 126 valence electrons. The zero-order valence-corrected chi connectivity index (χ0v) is 13.7. The minimum absolute atomic E-state index is 0.206. The van der Waals surface area contributed by atoms with E-state index in [9.17, 15) is 19.2 Å². The Morgan fingerprint density at radius 2 is 1.55 bits per heavy atom. The van der Waals surface area contributed by atoms with Crippen molar-refractivity contribution in [2.75, 3.05) is 12.3 Å². The summed E-state index contributed by atoms with van der Waals surface area (Å²) in [6.07, 6.45) is 1.64. The van der Waals surface area contributed by atoms with Crippen LogP contribution < -0.4 is 21.7 Å². The van der Waals surface area contributed by atoms with Crippen molar-refractivity contribution in [1.29, 1.82) is 0 Å². The fourth-order valence-electron chi connectivity index (χ4n) is 1.78. The number of carbonyl (C=O) groups is 4. The number of nitrogens with one attached hydrogen (secondary N) is 3. The number of hydrogen-bond donors (Lipinski definition) is 5. The van der Waals surface area contributed by atoms with Gasteiger partial charge >= 0.3 is 0 Å². The van der Waals surface area contributed by atoms with Crippen molar-refractivity contribution in [3.05, 3.63) is 0 Å². The molecule has 0 saturated carbocycles. The topological polar surface area (TPSA) is 130 Å².